The molecule has 1 aliphatic rings. The second kappa shape index (κ2) is 7.92. The Morgan fingerprint density at radius 2 is 1.72 bits per heavy atom. The predicted octanol–water partition coefficient (Wildman–Crippen LogP) is 1.68. The monoisotopic (exact) mass is 340 g/mol. The Bertz CT molecular complexity index is 721. The van der Waals surface area contributed by atoms with Crippen molar-refractivity contribution in [1.29, 1.82) is 0 Å². The van der Waals surface area contributed by atoms with E-state index in [-0.39, 0.29) is 12.5 Å². The average Bonchev–Trinajstić information content (AvgIpc) is 3.09. The van der Waals surface area contributed by atoms with Gasteiger partial charge in [-0.05, 0) is 24.1 Å². The van der Waals surface area contributed by atoms with Crippen LogP contribution in [0.5, 0.6) is 0 Å². The molecular weight excluding hydrogens is 320 g/mol. The fraction of sp³-hybridized carbons (Fsp3) is 0.263. The van der Waals surface area contributed by atoms with Gasteiger partial charge in [0.15, 0.2) is 0 Å². The third kappa shape index (κ3) is 4.23. The Labute approximate surface area is 146 Å². The molecule has 1 aliphatic heterocycles. The second-order valence-corrected chi connectivity index (χ2v) is 5.94. The maximum Gasteiger partial charge on any atom is 0.356 e. The molecule has 1 saturated heterocycles. The van der Waals surface area contributed by atoms with E-state index in [1.165, 1.54) is 0 Å². The van der Waals surface area contributed by atoms with Crippen LogP contribution in [0, 0.1) is 0 Å². The zero-order chi connectivity index (χ0) is 17.6. The van der Waals surface area contributed by atoms with Gasteiger partial charge >= 0.3 is 5.97 Å². The maximum absolute atomic E-state index is 12.8. The number of rotatable bonds is 5. The lowest BCUT2D eigenvalue weighted by molar-refractivity contribution is -0.135. The zero-order valence-electron chi connectivity index (χ0n) is 13.7. The summed E-state index contributed by atoms with van der Waals surface area (Å²) in [6, 6.07) is 16.8. The van der Waals surface area contributed by atoms with Crippen molar-refractivity contribution in [2.75, 3.05) is 13.1 Å². The number of carbonyl (C=O) groups is 2. The number of nitrogens with one attached hydrogen (secondary N) is 1. The van der Waals surface area contributed by atoms with Gasteiger partial charge in [0.2, 0.25) is 5.91 Å². The summed E-state index contributed by atoms with van der Waals surface area (Å²) in [7, 11) is 0. The number of amides is 1. The number of carbonyl (C=O) groups excluding carboxylic acids is 2. The van der Waals surface area contributed by atoms with E-state index in [1.54, 1.807) is 47.4 Å². The van der Waals surface area contributed by atoms with E-state index in [1.807, 2.05) is 18.2 Å². The minimum absolute atomic E-state index is 0.233. The molecule has 2 aromatic rings. The molecule has 2 aromatic carbocycles. The molecule has 0 aromatic heterocycles. The molecule has 130 valence electrons. The molecule has 3 rings (SSSR count). The Hall–Kier alpha value is -2.70. The van der Waals surface area contributed by atoms with Crippen LogP contribution in [-0.2, 0) is 9.63 Å². The highest BCUT2D eigenvalue weighted by molar-refractivity contribution is 5.89. The molecule has 0 bridgehead atoms. The van der Waals surface area contributed by atoms with Crippen LogP contribution in [0.4, 0.5) is 0 Å². The molecule has 1 heterocycles. The molecule has 0 unspecified atom stereocenters. The van der Waals surface area contributed by atoms with Crippen LogP contribution in [0.25, 0.3) is 0 Å². The van der Waals surface area contributed by atoms with Crippen molar-refractivity contribution >= 4 is 11.9 Å². The first kappa shape index (κ1) is 17.1. The summed E-state index contributed by atoms with van der Waals surface area (Å²) in [6.45, 7) is 0.772. The Kier molecular flexibility index (Phi) is 5.42. The summed E-state index contributed by atoms with van der Waals surface area (Å²) >= 11 is 0. The van der Waals surface area contributed by atoms with Gasteiger partial charge in [-0.3, -0.25) is 4.79 Å². The molecule has 1 fully saturated rings. The minimum atomic E-state index is -0.820. The fourth-order valence-electron chi connectivity index (χ4n) is 2.78. The first-order valence-corrected chi connectivity index (χ1v) is 8.18. The predicted molar refractivity (Wildman–Crippen MR) is 91.4 cm³/mol. The van der Waals surface area contributed by atoms with Crippen molar-refractivity contribution in [2.24, 2.45) is 0 Å². The Morgan fingerprint density at radius 1 is 1.08 bits per heavy atom. The van der Waals surface area contributed by atoms with Gasteiger partial charge in [-0.25, -0.2) is 4.79 Å². The van der Waals surface area contributed by atoms with Gasteiger partial charge in [0.25, 0.3) is 0 Å². The highest BCUT2D eigenvalue weighted by atomic mass is 16.7. The first-order chi connectivity index (χ1) is 12.1. The van der Waals surface area contributed by atoms with E-state index in [4.69, 9.17) is 4.84 Å². The van der Waals surface area contributed by atoms with Crippen molar-refractivity contribution < 1.29 is 19.5 Å². The second-order valence-electron chi connectivity index (χ2n) is 5.94. The summed E-state index contributed by atoms with van der Waals surface area (Å²) in [4.78, 5) is 31.7. The molecule has 0 aliphatic carbocycles. The van der Waals surface area contributed by atoms with Crippen LogP contribution < -0.4 is 5.48 Å². The van der Waals surface area contributed by atoms with Gasteiger partial charge in [0.1, 0.15) is 6.04 Å². The van der Waals surface area contributed by atoms with Crippen molar-refractivity contribution in [3.05, 3.63) is 71.8 Å². The number of β-amino-alcohol motifs (C(OH)–C–C–N with tert-alkyl or cyclic N) is 1. The SMILES string of the molecule is O=C(ON[C@H](C(=O)N1CC[C@@H](O)C1)c1ccccc1)c1ccccc1. The van der Waals surface area contributed by atoms with Crippen LogP contribution in [0.1, 0.15) is 28.4 Å². The summed E-state index contributed by atoms with van der Waals surface area (Å²) in [6.07, 6.45) is 0.0454. The van der Waals surface area contributed by atoms with Crippen LogP contribution >= 0.6 is 0 Å². The van der Waals surface area contributed by atoms with Gasteiger partial charge in [0, 0.05) is 13.1 Å². The average molecular weight is 340 g/mol. The lowest BCUT2D eigenvalue weighted by Crippen LogP contribution is -2.41. The standard InChI is InChI=1S/C19H20N2O4/c22-16-11-12-21(13-16)18(23)17(14-7-3-1-4-8-14)20-25-19(24)15-9-5-2-6-10-15/h1-10,16-17,20,22H,11-13H2/t16-,17+/m1/s1. The fourth-order valence-corrected chi connectivity index (χ4v) is 2.78. The quantitative estimate of drug-likeness (QED) is 0.810. The van der Waals surface area contributed by atoms with Gasteiger partial charge in [0.05, 0.1) is 11.7 Å². The number of aliphatic hydroxyl groups excluding tert-OH is 1. The molecule has 6 nitrogen and oxygen atoms in total. The van der Waals surface area contributed by atoms with Crippen LogP contribution in [0.15, 0.2) is 60.7 Å². The third-order valence-electron chi connectivity index (χ3n) is 4.13. The summed E-state index contributed by atoms with van der Waals surface area (Å²) in [5, 5.41) is 9.67. The van der Waals surface area contributed by atoms with Crippen molar-refractivity contribution in [1.82, 2.24) is 10.4 Å². The Morgan fingerprint density at radius 3 is 2.32 bits per heavy atom. The first-order valence-electron chi connectivity index (χ1n) is 8.18. The zero-order valence-corrected chi connectivity index (χ0v) is 13.7. The summed E-state index contributed by atoms with van der Waals surface area (Å²) < 4.78 is 0. The van der Waals surface area contributed by atoms with Crippen molar-refractivity contribution in [3.63, 3.8) is 0 Å². The van der Waals surface area contributed by atoms with Crippen molar-refractivity contribution in [3.8, 4) is 0 Å². The smallest absolute Gasteiger partial charge is 0.356 e. The van der Waals surface area contributed by atoms with Gasteiger partial charge in [-0.15, -0.1) is 5.48 Å². The highest BCUT2D eigenvalue weighted by Crippen LogP contribution is 2.20. The van der Waals surface area contributed by atoms with Crippen LogP contribution in [0.3, 0.4) is 0 Å². The molecule has 0 spiro atoms. The number of hydroxylamine groups is 1. The molecule has 0 radical (unpaired) electrons. The summed E-state index contributed by atoms with van der Waals surface area (Å²) in [5.41, 5.74) is 3.69. The lowest BCUT2D eigenvalue weighted by atomic mass is 10.1. The number of nitrogens with zero attached hydrogens (tertiary/aromatic N) is 1. The van der Waals surface area contributed by atoms with Crippen molar-refractivity contribution in [2.45, 2.75) is 18.6 Å². The minimum Gasteiger partial charge on any atom is -0.391 e. The number of aliphatic hydroxyl groups is 1. The number of hydrogen-bond acceptors (Lipinski definition) is 5. The molecule has 6 heteroatoms. The van der Waals surface area contributed by atoms with Crippen LogP contribution in [0.2, 0.25) is 0 Å². The van der Waals surface area contributed by atoms with E-state index in [0.717, 1.165) is 0 Å². The molecule has 25 heavy (non-hydrogen) atoms. The number of benzene rings is 2. The molecule has 2 N–H and O–H groups in total. The Balaban J connectivity index is 1.73. The third-order valence-corrected chi connectivity index (χ3v) is 4.13. The summed E-state index contributed by atoms with van der Waals surface area (Å²) in [5.74, 6) is -0.792. The normalized spacial score (nSPS) is 18.0. The molecule has 1 amide bonds. The van der Waals surface area contributed by atoms with E-state index in [0.29, 0.717) is 24.1 Å². The van der Waals surface area contributed by atoms with E-state index in [9.17, 15) is 14.7 Å². The highest BCUT2D eigenvalue weighted by Gasteiger charge is 2.31. The van der Waals surface area contributed by atoms with Gasteiger partial charge in [-0.1, -0.05) is 48.5 Å². The van der Waals surface area contributed by atoms with E-state index < -0.39 is 18.1 Å². The molecule has 0 saturated carbocycles. The lowest BCUT2D eigenvalue weighted by Gasteiger charge is -2.23. The number of hydrogen-bond donors (Lipinski definition) is 2. The van der Waals surface area contributed by atoms with E-state index >= 15 is 0 Å². The topological polar surface area (TPSA) is 78.9 Å². The van der Waals surface area contributed by atoms with Gasteiger partial charge in [-0.2, -0.15) is 0 Å². The van der Waals surface area contributed by atoms with Gasteiger partial charge < -0.3 is 14.8 Å². The molecule has 2 atom stereocenters. The largest absolute Gasteiger partial charge is 0.391 e. The molecular formula is C19H20N2O4. The number of likely N-dealkylation sites (tertiary alicyclic amines) is 1. The van der Waals surface area contributed by atoms with E-state index in [2.05, 4.69) is 5.48 Å². The maximum atomic E-state index is 12.8. The van der Waals surface area contributed by atoms with Crippen LogP contribution in [-0.4, -0.2) is 41.1 Å².